The number of carbonyl (C=O) groups excluding carboxylic acids is 1. The van der Waals surface area contributed by atoms with Gasteiger partial charge in [-0.15, -0.1) is 0 Å². The number of rotatable bonds is 3. The van der Waals surface area contributed by atoms with Crippen LogP contribution in [0.1, 0.15) is 43.5 Å². The first-order valence-electron chi connectivity index (χ1n) is 5.39. The van der Waals surface area contributed by atoms with E-state index in [-0.39, 0.29) is 5.97 Å². The normalized spacial score (nSPS) is 8.73. The molecule has 84 valence electrons. The van der Waals surface area contributed by atoms with Gasteiger partial charge in [-0.25, -0.2) is 4.79 Å². The van der Waals surface area contributed by atoms with Crippen LogP contribution in [0.2, 0.25) is 0 Å². The summed E-state index contributed by atoms with van der Waals surface area (Å²) in [4.78, 5) is 10.8. The van der Waals surface area contributed by atoms with Gasteiger partial charge in [0, 0.05) is 0 Å². The highest BCUT2D eigenvalue weighted by Crippen LogP contribution is 1.98. The average molecular weight is 208 g/mol. The summed E-state index contributed by atoms with van der Waals surface area (Å²) in [5.41, 5.74) is 0.588. The fourth-order valence-corrected chi connectivity index (χ4v) is 1.05. The molecular weight excluding hydrogens is 188 g/mol. The van der Waals surface area contributed by atoms with Crippen molar-refractivity contribution in [2.45, 2.75) is 33.1 Å². The second-order valence-electron chi connectivity index (χ2n) is 3.21. The highest BCUT2D eigenvalue weighted by atomic mass is 16.5. The topological polar surface area (TPSA) is 26.3 Å². The number of carbonyl (C=O) groups is 1. The molecule has 2 heteroatoms. The van der Waals surface area contributed by atoms with Gasteiger partial charge < -0.3 is 4.74 Å². The smallest absolute Gasteiger partial charge is 0.337 e. The lowest BCUT2D eigenvalue weighted by atomic mass is 10.2. The van der Waals surface area contributed by atoms with E-state index in [1.54, 1.807) is 24.3 Å². The van der Waals surface area contributed by atoms with E-state index in [0.29, 0.717) is 5.56 Å². The third-order valence-electron chi connectivity index (χ3n) is 1.90. The summed E-state index contributed by atoms with van der Waals surface area (Å²) in [5, 5.41) is 0. The lowest BCUT2D eigenvalue weighted by Crippen LogP contribution is -1.99. The van der Waals surface area contributed by atoms with E-state index in [1.165, 1.54) is 26.4 Å². The van der Waals surface area contributed by atoms with Gasteiger partial charge in [0.1, 0.15) is 0 Å². The molecule has 1 aromatic rings. The molecule has 0 fully saturated rings. The molecule has 0 saturated carbocycles. The molecule has 1 aromatic carbocycles. The second-order valence-corrected chi connectivity index (χ2v) is 3.21. The van der Waals surface area contributed by atoms with Gasteiger partial charge in [0.15, 0.2) is 0 Å². The lowest BCUT2D eigenvalue weighted by Gasteiger charge is -1.95. The maximum atomic E-state index is 10.8. The standard InChI is InChI=1S/C8H8O2.C5H12/c1-10-8(9)7-5-3-2-4-6-7;1-3-5-4-2/h2-6H,1H3;3-5H2,1-2H3. The molecule has 0 saturated heterocycles. The third kappa shape index (κ3) is 6.72. The van der Waals surface area contributed by atoms with Crippen LogP contribution in [0.25, 0.3) is 0 Å². The van der Waals surface area contributed by atoms with E-state index in [1.807, 2.05) is 6.07 Å². The van der Waals surface area contributed by atoms with Gasteiger partial charge in [-0.05, 0) is 12.1 Å². The maximum Gasteiger partial charge on any atom is 0.337 e. The van der Waals surface area contributed by atoms with Gasteiger partial charge in [0.25, 0.3) is 0 Å². The van der Waals surface area contributed by atoms with E-state index in [2.05, 4.69) is 18.6 Å². The van der Waals surface area contributed by atoms with Gasteiger partial charge in [0.05, 0.1) is 12.7 Å². The first kappa shape index (κ1) is 13.7. The maximum absolute atomic E-state index is 10.8. The van der Waals surface area contributed by atoms with Gasteiger partial charge in [-0.1, -0.05) is 51.3 Å². The zero-order valence-corrected chi connectivity index (χ0v) is 9.82. The Morgan fingerprint density at radius 3 is 2.00 bits per heavy atom. The molecule has 0 aliphatic heterocycles. The van der Waals surface area contributed by atoms with Crippen LogP contribution >= 0.6 is 0 Å². The van der Waals surface area contributed by atoms with Gasteiger partial charge >= 0.3 is 5.97 Å². The van der Waals surface area contributed by atoms with Gasteiger partial charge in [-0.3, -0.25) is 0 Å². The van der Waals surface area contributed by atoms with E-state index >= 15 is 0 Å². The molecule has 0 bridgehead atoms. The lowest BCUT2D eigenvalue weighted by molar-refractivity contribution is 0.0601. The van der Waals surface area contributed by atoms with Crippen molar-refractivity contribution in [3.63, 3.8) is 0 Å². The van der Waals surface area contributed by atoms with Crippen LogP contribution in [0.5, 0.6) is 0 Å². The van der Waals surface area contributed by atoms with Crippen molar-refractivity contribution in [1.82, 2.24) is 0 Å². The Morgan fingerprint density at radius 1 is 1.13 bits per heavy atom. The van der Waals surface area contributed by atoms with Crippen LogP contribution < -0.4 is 0 Å². The van der Waals surface area contributed by atoms with Crippen molar-refractivity contribution < 1.29 is 9.53 Å². The Bertz CT molecular complexity index is 252. The number of hydrogen-bond acceptors (Lipinski definition) is 2. The molecule has 0 N–H and O–H groups in total. The Labute approximate surface area is 92.3 Å². The summed E-state index contributed by atoms with van der Waals surface area (Å²) in [6, 6.07) is 8.88. The fourth-order valence-electron chi connectivity index (χ4n) is 1.05. The number of ether oxygens (including phenoxy) is 1. The van der Waals surface area contributed by atoms with Crippen molar-refractivity contribution in [3.05, 3.63) is 35.9 Å². The van der Waals surface area contributed by atoms with Crippen LogP contribution in [0.4, 0.5) is 0 Å². The molecule has 0 spiro atoms. The molecular formula is C13H20O2. The zero-order valence-electron chi connectivity index (χ0n) is 9.82. The Morgan fingerprint density at radius 2 is 1.67 bits per heavy atom. The van der Waals surface area contributed by atoms with Crippen LogP contribution in [-0.4, -0.2) is 13.1 Å². The van der Waals surface area contributed by atoms with Gasteiger partial charge in [-0.2, -0.15) is 0 Å². The first-order valence-corrected chi connectivity index (χ1v) is 5.39. The van der Waals surface area contributed by atoms with Crippen molar-refractivity contribution in [1.29, 1.82) is 0 Å². The van der Waals surface area contributed by atoms with Crippen LogP contribution in [0.3, 0.4) is 0 Å². The van der Waals surface area contributed by atoms with Crippen molar-refractivity contribution in [2.75, 3.05) is 7.11 Å². The Balaban J connectivity index is 0.000000336. The number of benzene rings is 1. The van der Waals surface area contributed by atoms with E-state index in [0.717, 1.165) is 0 Å². The minimum absolute atomic E-state index is 0.291. The van der Waals surface area contributed by atoms with E-state index < -0.39 is 0 Å². The van der Waals surface area contributed by atoms with E-state index in [9.17, 15) is 4.79 Å². The molecule has 0 aromatic heterocycles. The molecule has 0 aliphatic carbocycles. The molecule has 0 atom stereocenters. The summed E-state index contributed by atoms with van der Waals surface area (Å²) in [6.07, 6.45) is 4.08. The number of hydrogen-bond donors (Lipinski definition) is 0. The predicted octanol–water partition coefficient (Wildman–Crippen LogP) is 3.67. The monoisotopic (exact) mass is 208 g/mol. The summed E-state index contributed by atoms with van der Waals surface area (Å²) in [5.74, 6) is -0.291. The summed E-state index contributed by atoms with van der Waals surface area (Å²) in [6.45, 7) is 4.42. The number of esters is 1. The molecule has 0 radical (unpaired) electrons. The fraction of sp³-hybridized carbons (Fsp3) is 0.462. The minimum atomic E-state index is -0.291. The van der Waals surface area contributed by atoms with Crippen LogP contribution in [-0.2, 0) is 4.74 Å². The first-order chi connectivity index (χ1) is 7.26. The minimum Gasteiger partial charge on any atom is -0.465 e. The van der Waals surface area contributed by atoms with Crippen molar-refractivity contribution >= 4 is 5.97 Å². The Kier molecular flexibility index (Phi) is 8.44. The largest absolute Gasteiger partial charge is 0.465 e. The quantitative estimate of drug-likeness (QED) is 0.708. The highest BCUT2D eigenvalue weighted by molar-refractivity contribution is 5.89. The van der Waals surface area contributed by atoms with Crippen LogP contribution in [0.15, 0.2) is 30.3 Å². The van der Waals surface area contributed by atoms with Crippen LogP contribution in [0, 0.1) is 0 Å². The summed E-state index contributed by atoms with van der Waals surface area (Å²) in [7, 11) is 1.37. The molecule has 0 heterocycles. The highest BCUT2D eigenvalue weighted by Gasteiger charge is 2.00. The Hall–Kier alpha value is -1.31. The molecule has 15 heavy (non-hydrogen) atoms. The molecule has 0 amide bonds. The molecule has 0 aliphatic rings. The van der Waals surface area contributed by atoms with Gasteiger partial charge in [0.2, 0.25) is 0 Å². The molecule has 0 unspecified atom stereocenters. The number of methoxy groups -OCH3 is 1. The van der Waals surface area contributed by atoms with Crippen molar-refractivity contribution in [3.8, 4) is 0 Å². The molecule has 2 nitrogen and oxygen atoms in total. The SMILES string of the molecule is CCCCC.COC(=O)c1ccccc1. The second kappa shape index (κ2) is 9.25. The summed E-state index contributed by atoms with van der Waals surface area (Å²) >= 11 is 0. The average Bonchev–Trinajstić information content (AvgIpc) is 2.31. The number of unbranched alkanes of at least 4 members (excludes halogenated alkanes) is 2. The van der Waals surface area contributed by atoms with E-state index in [4.69, 9.17) is 0 Å². The molecule has 1 rings (SSSR count). The summed E-state index contributed by atoms with van der Waals surface area (Å²) < 4.78 is 4.50. The van der Waals surface area contributed by atoms with Crippen molar-refractivity contribution in [2.24, 2.45) is 0 Å². The third-order valence-corrected chi connectivity index (χ3v) is 1.90. The zero-order chi connectivity index (χ0) is 11.5. The predicted molar refractivity (Wildman–Crippen MR) is 63.0 cm³/mol.